The maximum absolute atomic E-state index is 7.57. The molecule has 1 N–H and O–H groups in total. The Morgan fingerprint density at radius 3 is 1.00 bits per heavy atom. The molecule has 0 amide bonds. The molecule has 5 heteroatoms. The SMILES string of the molecule is CCCCCCCCCCCCCCCCCC[Si](OC)(OC)OC.CCO. The summed E-state index contributed by atoms with van der Waals surface area (Å²) in [6.07, 6.45) is 22.3. The number of hydrogen-bond donors (Lipinski definition) is 1. The minimum atomic E-state index is -2.32. The van der Waals surface area contributed by atoms with E-state index in [4.69, 9.17) is 18.4 Å². The third kappa shape index (κ3) is 20.8. The molecule has 0 aromatic rings. The molecule has 28 heavy (non-hydrogen) atoms. The lowest BCUT2D eigenvalue weighted by Gasteiger charge is -2.24. The molecule has 0 rings (SSSR count). The highest BCUT2D eigenvalue weighted by Crippen LogP contribution is 2.18. The van der Waals surface area contributed by atoms with Gasteiger partial charge in [0.05, 0.1) is 0 Å². The highest BCUT2D eigenvalue weighted by atomic mass is 28.4. The fourth-order valence-corrected chi connectivity index (χ4v) is 5.24. The molecule has 4 nitrogen and oxygen atoms in total. The van der Waals surface area contributed by atoms with Crippen LogP contribution in [0.25, 0.3) is 0 Å². The largest absolute Gasteiger partial charge is 0.500 e. The molecule has 0 aliphatic rings. The Morgan fingerprint density at radius 2 is 0.750 bits per heavy atom. The van der Waals surface area contributed by atoms with E-state index in [0.29, 0.717) is 0 Å². The fraction of sp³-hybridized carbons (Fsp3) is 1.00. The number of aliphatic hydroxyl groups is 1. The molecule has 0 heterocycles. The van der Waals surface area contributed by atoms with Crippen LogP contribution < -0.4 is 0 Å². The molecular formula is C23H52O4Si. The van der Waals surface area contributed by atoms with Crippen LogP contribution in [0.5, 0.6) is 0 Å². The molecule has 0 spiro atoms. The van der Waals surface area contributed by atoms with Crippen molar-refractivity contribution in [3.05, 3.63) is 0 Å². The van der Waals surface area contributed by atoms with Crippen LogP contribution in [0.3, 0.4) is 0 Å². The van der Waals surface area contributed by atoms with Crippen molar-refractivity contribution in [1.29, 1.82) is 0 Å². The van der Waals surface area contributed by atoms with Crippen LogP contribution in [0.15, 0.2) is 0 Å². The van der Waals surface area contributed by atoms with Crippen LogP contribution in [-0.4, -0.2) is 41.8 Å². The zero-order chi connectivity index (χ0) is 21.3. The first-order valence-corrected chi connectivity index (χ1v) is 13.9. The Morgan fingerprint density at radius 1 is 0.500 bits per heavy atom. The lowest BCUT2D eigenvalue weighted by atomic mass is 10.0. The Balaban J connectivity index is 0. The molecule has 0 aliphatic carbocycles. The van der Waals surface area contributed by atoms with Crippen molar-refractivity contribution in [3.8, 4) is 0 Å². The molecule has 0 unspecified atom stereocenters. The zero-order valence-electron chi connectivity index (χ0n) is 19.9. The van der Waals surface area contributed by atoms with Crippen LogP contribution in [-0.2, 0) is 13.3 Å². The molecule has 0 saturated carbocycles. The van der Waals surface area contributed by atoms with Crippen molar-refractivity contribution in [2.24, 2.45) is 0 Å². The van der Waals surface area contributed by atoms with Gasteiger partial charge in [0, 0.05) is 34.0 Å². The zero-order valence-corrected chi connectivity index (χ0v) is 20.9. The summed E-state index contributed by atoms with van der Waals surface area (Å²) in [6, 6.07) is 0.939. The summed E-state index contributed by atoms with van der Waals surface area (Å²) in [6.45, 7) is 4.22. The normalized spacial score (nSPS) is 11.4. The monoisotopic (exact) mass is 420 g/mol. The van der Waals surface area contributed by atoms with E-state index in [1.54, 1.807) is 28.3 Å². The molecule has 0 aromatic heterocycles. The van der Waals surface area contributed by atoms with E-state index in [2.05, 4.69) is 6.92 Å². The molecule has 0 bridgehead atoms. The number of rotatable bonds is 20. The standard InChI is InChI=1S/C21H46O3Si.C2H6O/c1-5-6-7-8-9-10-11-12-13-14-15-16-17-18-19-20-21-25(22-2,23-3)24-4;1-2-3/h5-21H2,1-4H3;3H,2H2,1H3. The van der Waals surface area contributed by atoms with E-state index in [1.807, 2.05) is 0 Å². The first kappa shape index (κ1) is 30.3. The third-order valence-corrected chi connectivity index (χ3v) is 8.10. The van der Waals surface area contributed by atoms with Gasteiger partial charge < -0.3 is 18.4 Å². The van der Waals surface area contributed by atoms with E-state index in [1.165, 1.54) is 96.3 Å². The number of hydrogen-bond acceptors (Lipinski definition) is 4. The summed E-state index contributed by atoms with van der Waals surface area (Å²) < 4.78 is 16.4. The summed E-state index contributed by atoms with van der Waals surface area (Å²) in [5, 5.41) is 7.57. The lowest BCUT2D eigenvalue weighted by molar-refractivity contribution is 0.122. The predicted molar refractivity (Wildman–Crippen MR) is 124 cm³/mol. The van der Waals surface area contributed by atoms with Gasteiger partial charge in [-0.2, -0.15) is 0 Å². The van der Waals surface area contributed by atoms with E-state index in [0.717, 1.165) is 12.5 Å². The van der Waals surface area contributed by atoms with Crippen molar-refractivity contribution in [1.82, 2.24) is 0 Å². The summed E-state index contributed by atoms with van der Waals surface area (Å²) in [7, 11) is 2.78. The Bertz CT molecular complexity index is 265. The number of unbranched alkanes of at least 4 members (excludes halogenated alkanes) is 15. The maximum Gasteiger partial charge on any atom is 0.500 e. The topological polar surface area (TPSA) is 47.9 Å². The first-order valence-electron chi connectivity index (χ1n) is 11.9. The molecule has 0 aromatic carbocycles. The van der Waals surface area contributed by atoms with Crippen molar-refractivity contribution in [2.45, 2.75) is 123 Å². The second-order valence-corrected chi connectivity index (χ2v) is 10.8. The summed E-state index contributed by atoms with van der Waals surface area (Å²) >= 11 is 0. The van der Waals surface area contributed by atoms with Gasteiger partial charge in [0.1, 0.15) is 0 Å². The highest BCUT2D eigenvalue weighted by Gasteiger charge is 2.36. The van der Waals surface area contributed by atoms with Gasteiger partial charge in [0.25, 0.3) is 0 Å². The lowest BCUT2D eigenvalue weighted by Crippen LogP contribution is -2.42. The Labute approximate surface area is 178 Å². The molecule has 0 fully saturated rings. The summed E-state index contributed by atoms with van der Waals surface area (Å²) in [4.78, 5) is 0. The van der Waals surface area contributed by atoms with Crippen molar-refractivity contribution in [2.75, 3.05) is 27.9 Å². The molecule has 0 aliphatic heterocycles. The predicted octanol–water partition coefficient (Wildman–Crippen LogP) is 7.12. The van der Waals surface area contributed by atoms with Crippen LogP contribution in [0.1, 0.15) is 117 Å². The van der Waals surface area contributed by atoms with Crippen LogP contribution in [0.4, 0.5) is 0 Å². The summed E-state index contributed by atoms with van der Waals surface area (Å²) in [5.74, 6) is 0. The number of aliphatic hydroxyl groups excluding tert-OH is 1. The molecule has 0 saturated heterocycles. The van der Waals surface area contributed by atoms with Gasteiger partial charge in [-0.3, -0.25) is 0 Å². The van der Waals surface area contributed by atoms with E-state index < -0.39 is 8.80 Å². The molecule has 0 atom stereocenters. The van der Waals surface area contributed by atoms with Gasteiger partial charge in [0.2, 0.25) is 0 Å². The van der Waals surface area contributed by atoms with Crippen molar-refractivity contribution in [3.63, 3.8) is 0 Å². The van der Waals surface area contributed by atoms with Crippen molar-refractivity contribution >= 4 is 8.80 Å². The van der Waals surface area contributed by atoms with Crippen LogP contribution in [0, 0.1) is 0 Å². The van der Waals surface area contributed by atoms with E-state index >= 15 is 0 Å². The van der Waals surface area contributed by atoms with Crippen LogP contribution >= 0.6 is 0 Å². The quantitative estimate of drug-likeness (QED) is 0.168. The minimum absolute atomic E-state index is 0.250. The summed E-state index contributed by atoms with van der Waals surface area (Å²) in [5.41, 5.74) is 0. The maximum atomic E-state index is 7.57. The first-order chi connectivity index (χ1) is 13.7. The van der Waals surface area contributed by atoms with Crippen molar-refractivity contribution < 1.29 is 18.4 Å². The third-order valence-electron chi connectivity index (χ3n) is 5.27. The second-order valence-electron chi connectivity index (χ2n) is 7.66. The average Bonchev–Trinajstić information content (AvgIpc) is 2.71. The molecular weight excluding hydrogens is 368 g/mol. The second kappa shape index (κ2) is 25.1. The smallest absolute Gasteiger partial charge is 0.397 e. The Hall–Kier alpha value is 0.0569. The van der Waals surface area contributed by atoms with Gasteiger partial charge in [-0.25, -0.2) is 0 Å². The van der Waals surface area contributed by atoms with Gasteiger partial charge in [-0.05, 0) is 13.3 Å². The fourth-order valence-electron chi connectivity index (χ4n) is 3.45. The Kier molecular flexibility index (Phi) is 27.1. The minimum Gasteiger partial charge on any atom is -0.397 e. The molecule has 0 radical (unpaired) electrons. The van der Waals surface area contributed by atoms with Gasteiger partial charge in [-0.1, -0.05) is 103 Å². The van der Waals surface area contributed by atoms with Gasteiger partial charge >= 0.3 is 8.80 Å². The van der Waals surface area contributed by atoms with Gasteiger partial charge in [-0.15, -0.1) is 0 Å². The van der Waals surface area contributed by atoms with Crippen LogP contribution in [0.2, 0.25) is 6.04 Å². The molecule has 172 valence electrons. The van der Waals surface area contributed by atoms with E-state index in [9.17, 15) is 0 Å². The van der Waals surface area contributed by atoms with E-state index in [-0.39, 0.29) is 6.61 Å². The van der Waals surface area contributed by atoms with Gasteiger partial charge in [0.15, 0.2) is 0 Å². The highest BCUT2D eigenvalue weighted by molar-refractivity contribution is 6.60. The average molecular weight is 421 g/mol.